The van der Waals surface area contributed by atoms with Gasteiger partial charge >= 0.3 is 0 Å². The van der Waals surface area contributed by atoms with E-state index in [1.54, 1.807) is 36.4 Å². The summed E-state index contributed by atoms with van der Waals surface area (Å²) in [6.07, 6.45) is -0.966. The van der Waals surface area contributed by atoms with Crippen molar-refractivity contribution in [2.75, 3.05) is 0 Å². The second-order valence-corrected chi connectivity index (χ2v) is 4.52. The van der Waals surface area contributed by atoms with Crippen molar-refractivity contribution < 1.29 is 14.3 Å². The van der Waals surface area contributed by atoms with E-state index in [0.29, 0.717) is 16.7 Å². The van der Waals surface area contributed by atoms with E-state index in [-0.39, 0.29) is 18.3 Å². The molecule has 1 N–H and O–H groups in total. The molecule has 0 aliphatic carbocycles. The van der Waals surface area contributed by atoms with Gasteiger partial charge in [-0.15, -0.1) is 0 Å². The SMILES string of the molecule is O=C1c2ccccc2C(O)N1Cc1cccc(F)c1. The number of benzene rings is 2. The smallest absolute Gasteiger partial charge is 0.256 e. The van der Waals surface area contributed by atoms with E-state index < -0.39 is 6.23 Å². The molecule has 1 amide bonds. The maximum absolute atomic E-state index is 13.1. The molecule has 4 heteroatoms. The molecule has 1 atom stereocenters. The van der Waals surface area contributed by atoms with Gasteiger partial charge in [-0.1, -0.05) is 30.3 Å². The predicted molar refractivity (Wildman–Crippen MR) is 67.7 cm³/mol. The molecule has 1 heterocycles. The van der Waals surface area contributed by atoms with Crippen LogP contribution in [0.3, 0.4) is 0 Å². The zero-order valence-corrected chi connectivity index (χ0v) is 10.1. The maximum Gasteiger partial charge on any atom is 0.256 e. The summed E-state index contributed by atoms with van der Waals surface area (Å²) in [5.41, 5.74) is 1.76. The van der Waals surface area contributed by atoms with E-state index in [1.165, 1.54) is 17.0 Å². The number of carbonyl (C=O) groups excluding carboxylic acids is 1. The van der Waals surface area contributed by atoms with Gasteiger partial charge in [-0.2, -0.15) is 0 Å². The quantitative estimate of drug-likeness (QED) is 0.897. The van der Waals surface area contributed by atoms with Gasteiger partial charge in [-0.25, -0.2) is 4.39 Å². The number of rotatable bonds is 2. The Morgan fingerprint density at radius 3 is 2.68 bits per heavy atom. The van der Waals surface area contributed by atoms with Gasteiger partial charge in [0, 0.05) is 17.7 Å². The van der Waals surface area contributed by atoms with Crippen LogP contribution in [0.1, 0.15) is 27.7 Å². The first-order chi connectivity index (χ1) is 9.16. The Balaban J connectivity index is 1.90. The fraction of sp³-hybridized carbons (Fsp3) is 0.133. The number of carbonyl (C=O) groups is 1. The van der Waals surface area contributed by atoms with Gasteiger partial charge in [0.15, 0.2) is 6.23 Å². The number of nitrogens with zero attached hydrogens (tertiary/aromatic N) is 1. The first-order valence-corrected chi connectivity index (χ1v) is 5.99. The Morgan fingerprint density at radius 2 is 1.95 bits per heavy atom. The van der Waals surface area contributed by atoms with Crippen LogP contribution in [-0.4, -0.2) is 15.9 Å². The largest absolute Gasteiger partial charge is 0.369 e. The zero-order chi connectivity index (χ0) is 13.4. The molecule has 3 nitrogen and oxygen atoms in total. The van der Waals surface area contributed by atoms with Gasteiger partial charge in [0.25, 0.3) is 5.91 Å². The normalized spacial score (nSPS) is 17.7. The number of fused-ring (bicyclic) bond motifs is 1. The van der Waals surface area contributed by atoms with E-state index in [1.807, 2.05) is 0 Å². The highest BCUT2D eigenvalue weighted by atomic mass is 19.1. The van der Waals surface area contributed by atoms with Crippen molar-refractivity contribution in [1.82, 2.24) is 4.90 Å². The minimum Gasteiger partial charge on any atom is -0.369 e. The minimum absolute atomic E-state index is 0.187. The molecule has 0 bridgehead atoms. The van der Waals surface area contributed by atoms with Gasteiger partial charge in [0.1, 0.15) is 5.82 Å². The molecule has 1 aliphatic heterocycles. The molecule has 2 aromatic carbocycles. The molecular formula is C15H12FNO2. The molecule has 3 rings (SSSR count). The summed E-state index contributed by atoms with van der Waals surface area (Å²) in [6.45, 7) is 0.187. The van der Waals surface area contributed by atoms with Crippen molar-refractivity contribution >= 4 is 5.91 Å². The molecule has 96 valence electrons. The first-order valence-electron chi connectivity index (χ1n) is 5.99. The maximum atomic E-state index is 13.1. The lowest BCUT2D eigenvalue weighted by Gasteiger charge is -2.20. The Hall–Kier alpha value is -2.20. The third-order valence-electron chi connectivity index (χ3n) is 3.27. The average molecular weight is 257 g/mol. The molecular weight excluding hydrogens is 245 g/mol. The van der Waals surface area contributed by atoms with Crippen LogP contribution in [0.15, 0.2) is 48.5 Å². The first kappa shape index (κ1) is 11.9. The lowest BCUT2D eigenvalue weighted by atomic mass is 10.1. The van der Waals surface area contributed by atoms with Gasteiger partial charge in [-0.05, 0) is 23.8 Å². The monoisotopic (exact) mass is 257 g/mol. The highest BCUT2D eigenvalue weighted by molar-refractivity contribution is 5.98. The number of hydrogen-bond acceptors (Lipinski definition) is 2. The number of aliphatic hydroxyl groups is 1. The molecule has 0 fully saturated rings. The summed E-state index contributed by atoms with van der Waals surface area (Å²) in [4.78, 5) is 13.5. The van der Waals surface area contributed by atoms with Gasteiger partial charge < -0.3 is 10.0 Å². The van der Waals surface area contributed by atoms with Crippen LogP contribution in [0, 0.1) is 5.82 Å². The van der Waals surface area contributed by atoms with Crippen LogP contribution in [0.4, 0.5) is 4.39 Å². The number of halogens is 1. The van der Waals surface area contributed by atoms with Crippen molar-refractivity contribution in [3.8, 4) is 0 Å². The Morgan fingerprint density at radius 1 is 1.16 bits per heavy atom. The Labute approximate surface area is 109 Å². The molecule has 0 saturated heterocycles. The summed E-state index contributed by atoms with van der Waals surface area (Å²) in [7, 11) is 0. The number of aliphatic hydroxyl groups excluding tert-OH is 1. The summed E-state index contributed by atoms with van der Waals surface area (Å²) in [5, 5.41) is 10.2. The molecule has 0 radical (unpaired) electrons. The second-order valence-electron chi connectivity index (χ2n) is 4.52. The standard InChI is InChI=1S/C15H12FNO2/c16-11-5-3-4-10(8-11)9-17-14(18)12-6-1-2-7-13(12)15(17)19/h1-8,14,18H,9H2. The highest BCUT2D eigenvalue weighted by Crippen LogP contribution is 2.32. The van der Waals surface area contributed by atoms with Crippen molar-refractivity contribution in [3.05, 3.63) is 71.0 Å². The molecule has 0 aromatic heterocycles. The van der Waals surface area contributed by atoms with Crippen LogP contribution in [0.5, 0.6) is 0 Å². The van der Waals surface area contributed by atoms with Gasteiger partial charge in [0.05, 0.1) is 0 Å². The average Bonchev–Trinajstić information content (AvgIpc) is 2.65. The van der Waals surface area contributed by atoms with Crippen LogP contribution in [0.25, 0.3) is 0 Å². The lowest BCUT2D eigenvalue weighted by Crippen LogP contribution is -2.27. The van der Waals surface area contributed by atoms with E-state index in [2.05, 4.69) is 0 Å². The molecule has 1 unspecified atom stereocenters. The third kappa shape index (κ3) is 2.00. The van der Waals surface area contributed by atoms with E-state index in [0.717, 1.165) is 0 Å². The summed E-state index contributed by atoms with van der Waals surface area (Å²) < 4.78 is 13.1. The molecule has 0 saturated carbocycles. The zero-order valence-electron chi connectivity index (χ0n) is 10.1. The molecule has 19 heavy (non-hydrogen) atoms. The highest BCUT2D eigenvalue weighted by Gasteiger charge is 2.34. The summed E-state index contributed by atoms with van der Waals surface area (Å²) in [6, 6.07) is 13.0. The van der Waals surface area contributed by atoms with E-state index in [9.17, 15) is 14.3 Å². The lowest BCUT2D eigenvalue weighted by molar-refractivity contribution is 0.0137. The van der Waals surface area contributed by atoms with Crippen molar-refractivity contribution in [2.45, 2.75) is 12.8 Å². The predicted octanol–water partition coefficient (Wildman–Crippen LogP) is 2.47. The fourth-order valence-corrected chi connectivity index (χ4v) is 2.34. The Bertz CT molecular complexity index is 642. The van der Waals surface area contributed by atoms with Crippen LogP contribution < -0.4 is 0 Å². The molecule has 2 aromatic rings. The van der Waals surface area contributed by atoms with Crippen molar-refractivity contribution in [3.63, 3.8) is 0 Å². The molecule has 1 aliphatic rings. The number of amides is 1. The molecule has 0 spiro atoms. The summed E-state index contributed by atoms with van der Waals surface area (Å²) in [5.74, 6) is -0.580. The van der Waals surface area contributed by atoms with E-state index in [4.69, 9.17) is 0 Å². The van der Waals surface area contributed by atoms with Crippen LogP contribution in [-0.2, 0) is 6.54 Å². The summed E-state index contributed by atoms with van der Waals surface area (Å²) >= 11 is 0. The van der Waals surface area contributed by atoms with Crippen molar-refractivity contribution in [2.24, 2.45) is 0 Å². The van der Waals surface area contributed by atoms with Crippen LogP contribution >= 0.6 is 0 Å². The number of hydrogen-bond donors (Lipinski definition) is 1. The fourth-order valence-electron chi connectivity index (χ4n) is 2.34. The third-order valence-corrected chi connectivity index (χ3v) is 3.27. The Kier molecular flexibility index (Phi) is 2.80. The van der Waals surface area contributed by atoms with E-state index >= 15 is 0 Å². The minimum atomic E-state index is -0.966. The topological polar surface area (TPSA) is 40.5 Å². The van der Waals surface area contributed by atoms with Crippen molar-refractivity contribution in [1.29, 1.82) is 0 Å². The second kappa shape index (κ2) is 4.48. The van der Waals surface area contributed by atoms with Gasteiger partial charge in [-0.3, -0.25) is 4.79 Å². The van der Waals surface area contributed by atoms with Gasteiger partial charge in [0.2, 0.25) is 0 Å². The van der Waals surface area contributed by atoms with Crippen LogP contribution in [0.2, 0.25) is 0 Å².